The fourth-order valence-electron chi connectivity index (χ4n) is 8.00. The summed E-state index contributed by atoms with van der Waals surface area (Å²) in [6.07, 6.45) is 0. The molecular formula is C54H66O6. The summed E-state index contributed by atoms with van der Waals surface area (Å²) in [4.78, 5) is 28.1. The number of ether oxygens (including phenoxy) is 2. The monoisotopic (exact) mass is 810 g/mol. The molecule has 2 N–H and O–H groups in total. The van der Waals surface area contributed by atoms with Crippen molar-refractivity contribution in [3.8, 4) is 23.0 Å². The number of hydrogen-bond acceptors (Lipinski definition) is 6. The quantitative estimate of drug-likeness (QED) is 0.120. The lowest BCUT2D eigenvalue weighted by atomic mass is 9.79. The van der Waals surface area contributed by atoms with Crippen LogP contribution in [-0.4, -0.2) is 22.2 Å². The minimum absolute atomic E-state index is 0.241. The van der Waals surface area contributed by atoms with E-state index in [9.17, 15) is 19.8 Å². The van der Waals surface area contributed by atoms with Crippen LogP contribution >= 0.6 is 0 Å². The smallest absolute Gasteiger partial charge is 0.343 e. The van der Waals surface area contributed by atoms with Gasteiger partial charge >= 0.3 is 11.9 Å². The first-order valence-electron chi connectivity index (χ1n) is 21.1. The van der Waals surface area contributed by atoms with Gasteiger partial charge in [0.25, 0.3) is 0 Å². The van der Waals surface area contributed by atoms with Crippen molar-refractivity contribution in [2.45, 2.75) is 144 Å². The van der Waals surface area contributed by atoms with Gasteiger partial charge in [-0.25, -0.2) is 9.59 Å². The molecule has 0 fully saturated rings. The van der Waals surface area contributed by atoms with Gasteiger partial charge in [-0.1, -0.05) is 169 Å². The highest BCUT2D eigenvalue weighted by Gasteiger charge is 2.32. The van der Waals surface area contributed by atoms with Crippen LogP contribution in [0.15, 0.2) is 84.9 Å². The van der Waals surface area contributed by atoms with Crippen LogP contribution < -0.4 is 9.47 Å². The Morgan fingerprint density at radius 1 is 0.450 bits per heavy atom. The molecule has 0 aliphatic rings. The van der Waals surface area contributed by atoms with E-state index in [2.05, 4.69) is 95.2 Å². The molecule has 5 aromatic carbocycles. The lowest BCUT2D eigenvalue weighted by Crippen LogP contribution is -2.20. The van der Waals surface area contributed by atoms with Gasteiger partial charge in [0, 0.05) is 45.2 Å². The number of esters is 2. The van der Waals surface area contributed by atoms with Gasteiger partial charge < -0.3 is 19.7 Å². The van der Waals surface area contributed by atoms with Crippen molar-refractivity contribution in [1.29, 1.82) is 0 Å². The van der Waals surface area contributed by atoms with Crippen LogP contribution in [0.4, 0.5) is 0 Å². The maximum absolute atomic E-state index is 14.1. The van der Waals surface area contributed by atoms with Gasteiger partial charge in [0.15, 0.2) is 0 Å². The van der Waals surface area contributed by atoms with Gasteiger partial charge in [0.1, 0.15) is 23.0 Å². The maximum atomic E-state index is 14.1. The van der Waals surface area contributed by atoms with Crippen LogP contribution in [0.3, 0.4) is 0 Å². The molecule has 0 heterocycles. The van der Waals surface area contributed by atoms with Crippen molar-refractivity contribution in [1.82, 2.24) is 0 Å². The minimum atomic E-state index is -0.563. The zero-order valence-corrected chi connectivity index (χ0v) is 38.8. The number of phenolic OH excluding ortho intramolecular Hbond substituents is 2. The van der Waals surface area contributed by atoms with E-state index in [4.69, 9.17) is 9.47 Å². The van der Waals surface area contributed by atoms with Crippen LogP contribution in [-0.2, 0) is 21.7 Å². The normalized spacial score (nSPS) is 13.5. The molecule has 5 rings (SSSR count). The highest BCUT2D eigenvalue weighted by atomic mass is 16.5. The average molecular weight is 811 g/mol. The van der Waals surface area contributed by atoms with Crippen molar-refractivity contribution in [2.24, 2.45) is 0 Å². The predicted octanol–water partition coefficient (Wildman–Crippen LogP) is 13.6. The Bertz CT molecular complexity index is 2240. The molecule has 0 amide bonds. The molecule has 0 spiro atoms. The van der Waals surface area contributed by atoms with Gasteiger partial charge in [-0.2, -0.15) is 0 Å². The minimum Gasteiger partial charge on any atom is -0.507 e. The second kappa shape index (κ2) is 16.6. The molecule has 6 nitrogen and oxygen atoms in total. The van der Waals surface area contributed by atoms with Crippen molar-refractivity contribution in [2.75, 3.05) is 0 Å². The van der Waals surface area contributed by atoms with Crippen LogP contribution in [0.5, 0.6) is 23.0 Å². The Balaban J connectivity index is 1.50. The molecule has 0 bridgehead atoms. The summed E-state index contributed by atoms with van der Waals surface area (Å²) in [5, 5.41) is 23.0. The lowest BCUT2D eigenvalue weighted by molar-refractivity contribution is 0.0715. The number of hydrogen-bond donors (Lipinski definition) is 2. The highest BCUT2D eigenvalue weighted by Crippen LogP contribution is 2.46. The SMILES string of the molecule is Cc1cc(C(C)c2cccc(C(C)(C)C)c2O)c(OC(=O)c2ccc(C(=O)Oc3c(C(C)c4cccc(C(C)(C)C)c4O)cc(C)cc3C(C)(C)C)cc2)c(C(C)(C)C)c1. The summed E-state index contributed by atoms with van der Waals surface area (Å²) in [5.41, 5.74) is 7.86. The molecule has 0 saturated heterocycles. The van der Waals surface area contributed by atoms with E-state index >= 15 is 0 Å². The molecule has 5 aromatic rings. The number of para-hydroxylation sites is 2. The van der Waals surface area contributed by atoms with E-state index < -0.39 is 11.9 Å². The van der Waals surface area contributed by atoms with Gasteiger partial charge in [0.05, 0.1) is 11.1 Å². The third-order valence-corrected chi connectivity index (χ3v) is 11.5. The number of phenols is 2. The number of rotatable bonds is 8. The zero-order chi connectivity index (χ0) is 44.9. The number of carbonyl (C=O) groups is 2. The first kappa shape index (κ1) is 45.7. The molecule has 0 aliphatic carbocycles. The van der Waals surface area contributed by atoms with Crippen molar-refractivity contribution in [3.05, 3.63) is 152 Å². The maximum Gasteiger partial charge on any atom is 0.343 e. The number of aryl methyl sites for hydroxylation is 2. The fraction of sp³-hybridized carbons (Fsp3) is 0.407. The Labute approximate surface area is 359 Å². The Morgan fingerprint density at radius 2 is 0.750 bits per heavy atom. The van der Waals surface area contributed by atoms with E-state index in [0.717, 1.165) is 55.6 Å². The third-order valence-electron chi connectivity index (χ3n) is 11.5. The Hall–Kier alpha value is -5.36. The molecule has 2 atom stereocenters. The van der Waals surface area contributed by atoms with Gasteiger partial charge in [0.2, 0.25) is 0 Å². The second-order valence-corrected chi connectivity index (χ2v) is 20.7. The van der Waals surface area contributed by atoms with Gasteiger partial charge in [-0.3, -0.25) is 0 Å². The predicted molar refractivity (Wildman–Crippen MR) is 245 cm³/mol. The van der Waals surface area contributed by atoms with Crippen molar-refractivity contribution >= 4 is 11.9 Å². The highest BCUT2D eigenvalue weighted by molar-refractivity contribution is 5.95. The fourth-order valence-corrected chi connectivity index (χ4v) is 8.00. The van der Waals surface area contributed by atoms with E-state index in [1.54, 1.807) is 24.3 Å². The van der Waals surface area contributed by atoms with E-state index in [-0.39, 0.29) is 56.1 Å². The molecule has 60 heavy (non-hydrogen) atoms. The van der Waals surface area contributed by atoms with Crippen LogP contribution in [0, 0.1) is 13.8 Å². The third kappa shape index (κ3) is 9.65. The van der Waals surface area contributed by atoms with Crippen LogP contribution in [0.25, 0.3) is 0 Å². The first-order valence-corrected chi connectivity index (χ1v) is 21.1. The van der Waals surface area contributed by atoms with Crippen LogP contribution in [0.2, 0.25) is 0 Å². The Morgan fingerprint density at radius 3 is 1.03 bits per heavy atom. The van der Waals surface area contributed by atoms with Crippen molar-refractivity contribution < 1.29 is 29.3 Å². The molecule has 0 aliphatic heterocycles. The number of benzene rings is 5. The molecule has 0 saturated carbocycles. The molecule has 318 valence electrons. The van der Waals surface area contributed by atoms with E-state index in [1.807, 2.05) is 76.2 Å². The number of aromatic hydroxyl groups is 2. The molecule has 0 radical (unpaired) electrons. The topological polar surface area (TPSA) is 93.1 Å². The summed E-state index contributed by atoms with van der Waals surface area (Å²) >= 11 is 0. The summed E-state index contributed by atoms with van der Waals surface area (Å²) in [5.74, 6) is -0.316. The summed E-state index contributed by atoms with van der Waals surface area (Å²) in [6, 6.07) is 26.2. The zero-order valence-electron chi connectivity index (χ0n) is 38.8. The van der Waals surface area contributed by atoms with Crippen molar-refractivity contribution in [3.63, 3.8) is 0 Å². The largest absolute Gasteiger partial charge is 0.507 e. The number of carbonyl (C=O) groups excluding carboxylic acids is 2. The Kier molecular flexibility index (Phi) is 12.6. The van der Waals surface area contributed by atoms with Gasteiger partial charge in [-0.15, -0.1) is 0 Å². The molecule has 0 aromatic heterocycles. The molecule has 6 heteroatoms. The lowest BCUT2D eigenvalue weighted by Gasteiger charge is -2.28. The standard InChI is InChI=1S/C54H66O6/c1-31-27-39(33(3)37-19-17-21-41(45(37)55)51(5,6)7)47(43(29-31)53(11,12)13)59-49(57)35-23-25-36(26-24-35)50(58)60-48-40(28-32(2)30-44(48)54(14,15)16)34(4)38-20-18-22-42(46(38)56)52(8,9)10/h17-30,33-34,55-56H,1-16H3. The molecular weight excluding hydrogens is 745 g/mol. The van der Waals surface area contributed by atoms with Crippen LogP contribution in [0.1, 0.15) is 185 Å². The summed E-state index contributed by atoms with van der Waals surface area (Å²) in [6.45, 7) is 33.1. The first-order chi connectivity index (χ1) is 27.6. The summed E-state index contributed by atoms with van der Waals surface area (Å²) < 4.78 is 12.7. The van der Waals surface area contributed by atoms with E-state index in [1.165, 1.54) is 0 Å². The van der Waals surface area contributed by atoms with Gasteiger partial charge in [-0.05, 0) is 70.9 Å². The average Bonchev–Trinajstić information content (AvgIpc) is 3.13. The molecule has 2 unspecified atom stereocenters. The second-order valence-electron chi connectivity index (χ2n) is 20.7. The summed E-state index contributed by atoms with van der Waals surface area (Å²) in [7, 11) is 0. The van der Waals surface area contributed by atoms with E-state index in [0.29, 0.717) is 11.5 Å².